The van der Waals surface area contributed by atoms with Crippen molar-refractivity contribution in [2.45, 2.75) is 25.7 Å². The average molecular weight is 562 g/mol. The van der Waals surface area contributed by atoms with E-state index in [1.807, 2.05) is 0 Å². The van der Waals surface area contributed by atoms with Gasteiger partial charge < -0.3 is 14.8 Å². The second-order valence-corrected chi connectivity index (χ2v) is 12.3. The first-order chi connectivity index (χ1) is 18.0. The van der Waals surface area contributed by atoms with Gasteiger partial charge in [0, 0.05) is 23.1 Å². The molecule has 1 amide bonds. The minimum Gasteiger partial charge on any atom is -0.486 e. The lowest BCUT2D eigenvalue weighted by atomic mass is 10.2. The van der Waals surface area contributed by atoms with Crippen LogP contribution >= 0.6 is 0 Å². The second kappa shape index (κ2) is 10.8. The summed E-state index contributed by atoms with van der Waals surface area (Å²) in [6.45, 7) is 5.16. The van der Waals surface area contributed by atoms with Crippen molar-refractivity contribution >= 4 is 43.3 Å². The third-order valence-electron chi connectivity index (χ3n) is 5.46. The summed E-state index contributed by atoms with van der Waals surface area (Å²) in [5.74, 6) is -0.00195. The normalized spacial score (nSPS) is 13.0. The Morgan fingerprint density at radius 1 is 0.921 bits per heavy atom. The number of fused-ring (bicyclic) bond motifs is 1. The molecule has 0 fully saturated rings. The van der Waals surface area contributed by atoms with Gasteiger partial charge in [0.05, 0.1) is 16.3 Å². The molecule has 3 aromatic rings. The fourth-order valence-electron chi connectivity index (χ4n) is 3.69. The largest absolute Gasteiger partial charge is 0.486 e. The Kier molecular flexibility index (Phi) is 7.73. The van der Waals surface area contributed by atoms with E-state index in [-0.39, 0.29) is 28.0 Å². The number of rotatable bonds is 9. The third kappa shape index (κ3) is 6.31. The van der Waals surface area contributed by atoms with Gasteiger partial charge in [0.25, 0.3) is 10.0 Å². The highest BCUT2D eigenvalue weighted by molar-refractivity contribution is 7.93. The summed E-state index contributed by atoms with van der Waals surface area (Å²) in [5, 5.41) is 2.60. The molecule has 0 bridgehead atoms. The highest BCUT2D eigenvalue weighted by Crippen LogP contribution is 2.35. The summed E-state index contributed by atoms with van der Waals surface area (Å²) >= 11 is 0. The zero-order chi connectivity index (χ0) is 27.5. The van der Waals surface area contributed by atoms with Crippen LogP contribution in [-0.4, -0.2) is 58.2 Å². The topological polar surface area (TPSA) is 157 Å². The first kappa shape index (κ1) is 27.1. The van der Waals surface area contributed by atoms with Crippen LogP contribution in [0.15, 0.2) is 53.4 Å². The number of carbonyl (C=O) groups excluding carboxylic acids is 1. The zero-order valence-electron chi connectivity index (χ0n) is 21.0. The minimum absolute atomic E-state index is 0.0451. The van der Waals surface area contributed by atoms with Crippen LogP contribution in [0.2, 0.25) is 0 Å². The molecule has 0 atom stereocenters. The molecule has 0 saturated carbocycles. The Labute approximate surface area is 221 Å². The predicted molar refractivity (Wildman–Crippen MR) is 142 cm³/mol. The van der Waals surface area contributed by atoms with E-state index in [2.05, 4.69) is 20.0 Å². The standard InChI is InChI=1S/C24H27N5O7S2/c1-4-37(31,32)29(19-7-10-21-22(14-19)36-12-11-35-21)15-23(30)27-18-5-8-20(9-6-18)38(33,34)28-24-25-16(2)13-17(3)26-24/h5-10,13-14H,4,11-12,15H2,1-3H3,(H,27,30)(H,25,26,28). The number of benzene rings is 2. The lowest BCUT2D eigenvalue weighted by molar-refractivity contribution is -0.114. The van der Waals surface area contributed by atoms with E-state index in [0.717, 1.165) is 4.31 Å². The molecule has 2 N–H and O–H groups in total. The van der Waals surface area contributed by atoms with Gasteiger partial charge in [0.15, 0.2) is 11.5 Å². The number of anilines is 3. The monoisotopic (exact) mass is 561 g/mol. The fraction of sp³-hybridized carbons (Fsp3) is 0.292. The summed E-state index contributed by atoms with van der Waals surface area (Å²) in [7, 11) is -7.79. The van der Waals surface area contributed by atoms with Crippen LogP contribution in [0.25, 0.3) is 0 Å². The molecule has 14 heteroatoms. The van der Waals surface area contributed by atoms with Gasteiger partial charge >= 0.3 is 0 Å². The highest BCUT2D eigenvalue weighted by atomic mass is 32.2. The number of nitrogens with zero attached hydrogens (tertiary/aromatic N) is 3. The fourth-order valence-corrected chi connectivity index (χ4v) is 5.70. The summed E-state index contributed by atoms with van der Waals surface area (Å²) in [6.07, 6.45) is 0. The molecule has 2 aromatic carbocycles. The number of aryl methyl sites for hydroxylation is 2. The maximum atomic E-state index is 12.8. The molecule has 38 heavy (non-hydrogen) atoms. The van der Waals surface area contributed by atoms with E-state index < -0.39 is 32.5 Å². The average Bonchev–Trinajstić information content (AvgIpc) is 2.86. The molecule has 0 aliphatic carbocycles. The Morgan fingerprint density at radius 3 is 2.18 bits per heavy atom. The predicted octanol–water partition coefficient (Wildman–Crippen LogP) is 2.46. The number of carbonyl (C=O) groups is 1. The van der Waals surface area contributed by atoms with Crippen molar-refractivity contribution in [3.63, 3.8) is 0 Å². The van der Waals surface area contributed by atoms with Gasteiger partial charge in [-0.25, -0.2) is 31.5 Å². The van der Waals surface area contributed by atoms with Gasteiger partial charge in [-0.3, -0.25) is 9.10 Å². The molecular weight excluding hydrogens is 534 g/mol. The SMILES string of the molecule is CCS(=O)(=O)N(CC(=O)Nc1ccc(S(=O)(=O)Nc2nc(C)cc(C)n2)cc1)c1ccc2c(c1)OCCO2. The van der Waals surface area contributed by atoms with Crippen molar-refractivity contribution in [2.24, 2.45) is 0 Å². The number of sulfonamides is 2. The minimum atomic E-state index is -3.97. The van der Waals surface area contributed by atoms with E-state index in [1.165, 1.54) is 37.3 Å². The lowest BCUT2D eigenvalue weighted by Crippen LogP contribution is -2.39. The Bertz CT molecular complexity index is 1540. The molecule has 4 rings (SSSR count). The summed E-state index contributed by atoms with van der Waals surface area (Å²) in [4.78, 5) is 20.9. The maximum absolute atomic E-state index is 12.8. The quantitative estimate of drug-likeness (QED) is 0.400. The summed E-state index contributed by atoms with van der Waals surface area (Å²) in [5.41, 5.74) is 1.77. The molecule has 12 nitrogen and oxygen atoms in total. The first-order valence-corrected chi connectivity index (χ1v) is 14.7. The molecule has 1 aromatic heterocycles. The third-order valence-corrected chi connectivity index (χ3v) is 8.54. The van der Waals surface area contributed by atoms with Crippen LogP contribution in [0.1, 0.15) is 18.3 Å². The van der Waals surface area contributed by atoms with Crippen molar-refractivity contribution in [2.75, 3.05) is 39.9 Å². The first-order valence-electron chi connectivity index (χ1n) is 11.6. The molecular formula is C24H27N5O7S2. The Hall–Kier alpha value is -3.91. The molecule has 202 valence electrons. The molecule has 0 spiro atoms. The van der Waals surface area contributed by atoms with Crippen LogP contribution in [0.3, 0.4) is 0 Å². The molecule has 2 heterocycles. The van der Waals surface area contributed by atoms with E-state index >= 15 is 0 Å². The van der Waals surface area contributed by atoms with Crippen LogP contribution in [0.5, 0.6) is 11.5 Å². The number of aromatic nitrogens is 2. The summed E-state index contributed by atoms with van der Waals surface area (Å²) < 4.78 is 65.4. The van der Waals surface area contributed by atoms with Crippen molar-refractivity contribution < 1.29 is 31.1 Å². The smallest absolute Gasteiger partial charge is 0.264 e. The van der Waals surface area contributed by atoms with E-state index in [9.17, 15) is 21.6 Å². The van der Waals surface area contributed by atoms with Crippen molar-refractivity contribution in [3.05, 3.63) is 59.9 Å². The van der Waals surface area contributed by atoms with Crippen molar-refractivity contribution in [3.8, 4) is 11.5 Å². The van der Waals surface area contributed by atoms with Gasteiger partial charge in [-0.15, -0.1) is 0 Å². The van der Waals surface area contributed by atoms with Crippen molar-refractivity contribution in [1.82, 2.24) is 9.97 Å². The summed E-state index contributed by atoms with van der Waals surface area (Å²) in [6, 6.07) is 11.8. The van der Waals surface area contributed by atoms with Gasteiger partial charge in [-0.1, -0.05) is 0 Å². The van der Waals surface area contributed by atoms with Crippen LogP contribution in [0.4, 0.5) is 17.3 Å². The van der Waals surface area contributed by atoms with Crippen LogP contribution in [-0.2, 0) is 24.8 Å². The maximum Gasteiger partial charge on any atom is 0.264 e. The zero-order valence-corrected chi connectivity index (χ0v) is 22.6. The number of hydrogen-bond donors (Lipinski definition) is 2. The van der Waals surface area contributed by atoms with Gasteiger partial charge in [0.2, 0.25) is 21.9 Å². The molecule has 0 unspecified atom stereocenters. The molecule has 1 aliphatic rings. The van der Waals surface area contributed by atoms with Gasteiger partial charge in [-0.2, -0.15) is 0 Å². The van der Waals surface area contributed by atoms with Crippen LogP contribution in [0, 0.1) is 13.8 Å². The molecule has 0 radical (unpaired) electrons. The van der Waals surface area contributed by atoms with Crippen LogP contribution < -0.4 is 23.8 Å². The Balaban J connectivity index is 1.48. The van der Waals surface area contributed by atoms with Gasteiger partial charge in [-0.05, 0) is 63.2 Å². The number of ether oxygens (including phenoxy) is 2. The van der Waals surface area contributed by atoms with E-state index in [0.29, 0.717) is 36.1 Å². The second-order valence-electron chi connectivity index (χ2n) is 8.39. The lowest BCUT2D eigenvalue weighted by Gasteiger charge is -2.25. The van der Waals surface area contributed by atoms with Gasteiger partial charge in [0.1, 0.15) is 19.8 Å². The number of amides is 1. The number of hydrogen-bond acceptors (Lipinski definition) is 9. The molecule has 1 aliphatic heterocycles. The number of nitrogens with one attached hydrogen (secondary N) is 2. The van der Waals surface area contributed by atoms with E-state index in [4.69, 9.17) is 9.47 Å². The van der Waals surface area contributed by atoms with E-state index in [1.54, 1.807) is 32.0 Å². The molecule has 0 saturated heterocycles. The highest BCUT2D eigenvalue weighted by Gasteiger charge is 2.26. The van der Waals surface area contributed by atoms with Crippen molar-refractivity contribution in [1.29, 1.82) is 0 Å². The Morgan fingerprint density at radius 2 is 1.55 bits per heavy atom.